The van der Waals surface area contributed by atoms with Crippen LogP contribution in [0, 0.1) is 5.92 Å². The molecule has 2 aromatic rings. The normalized spacial score (nSPS) is 12.6. The lowest BCUT2D eigenvalue weighted by atomic mass is 10.0. The van der Waals surface area contributed by atoms with Crippen molar-refractivity contribution in [3.8, 4) is 0 Å². The number of benzene rings is 1. The van der Waals surface area contributed by atoms with Crippen LogP contribution < -0.4 is 5.73 Å². The second kappa shape index (κ2) is 12.5. The Hall–Kier alpha value is -2.47. The van der Waals surface area contributed by atoms with Gasteiger partial charge in [-0.15, -0.1) is 12.6 Å². The molecule has 1 heterocycles. The van der Waals surface area contributed by atoms with Crippen molar-refractivity contribution >= 4 is 29.9 Å². The van der Waals surface area contributed by atoms with E-state index in [0.717, 1.165) is 62.1 Å². The summed E-state index contributed by atoms with van der Waals surface area (Å²) in [5, 5.41) is 4.78. The van der Waals surface area contributed by atoms with Crippen molar-refractivity contribution in [2.45, 2.75) is 64.7 Å². The van der Waals surface area contributed by atoms with E-state index in [1.807, 2.05) is 39.9 Å². The fraction of sp³-hybridized carbons (Fsp3) is 0.462. The van der Waals surface area contributed by atoms with Gasteiger partial charge in [-0.3, -0.25) is 4.79 Å². The van der Waals surface area contributed by atoms with E-state index in [4.69, 9.17) is 10.8 Å². The summed E-state index contributed by atoms with van der Waals surface area (Å²) in [7, 11) is 0. The number of aryl methyl sites for hydroxylation is 1. The molecule has 0 saturated carbocycles. The first-order chi connectivity index (χ1) is 15.4. The zero-order valence-electron chi connectivity index (χ0n) is 20.0. The van der Waals surface area contributed by atoms with E-state index in [-0.39, 0.29) is 5.91 Å². The summed E-state index contributed by atoms with van der Waals surface area (Å²) in [6, 6.07) is 7.64. The summed E-state index contributed by atoms with van der Waals surface area (Å²) in [5.74, 6) is 0.592. The van der Waals surface area contributed by atoms with Crippen LogP contribution >= 0.6 is 12.6 Å². The number of anilines is 1. The summed E-state index contributed by atoms with van der Waals surface area (Å²) >= 11 is 4.48. The third kappa shape index (κ3) is 6.52. The first-order valence-electron chi connectivity index (χ1n) is 11.7. The van der Waals surface area contributed by atoms with E-state index < -0.39 is 0 Å². The fourth-order valence-electron chi connectivity index (χ4n) is 3.60. The van der Waals surface area contributed by atoms with Crippen molar-refractivity contribution in [1.82, 2.24) is 14.7 Å². The molecule has 0 aliphatic rings. The quantitative estimate of drug-likeness (QED) is 0.232. The van der Waals surface area contributed by atoms with E-state index in [1.165, 1.54) is 0 Å². The van der Waals surface area contributed by atoms with Crippen LogP contribution in [0.3, 0.4) is 0 Å². The minimum atomic E-state index is -0.00333. The van der Waals surface area contributed by atoms with Gasteiger partial charge < -0.3 is 10.6 Å². The molecule has 5 nitrogen and oxygen atoms in total. The van der Waals surface area contributed by atoms with Gasteiger partial charge in [0.05, 0.1) is 5.70 Å². The average molecular weight is 455 g/mol. The predicted molar refractivity (Wildman–Crippen MR) is 138 cm³/mol. The lowest BCUT2D eigenvalue weighted by Gasteiger charge is -2.22. The Balaban J connectivity index is 2.46. The Labute approximate surface area is 198 Å². The second-order valence-electron chi connectivity index (χ2n) is 8.34. The van der Waals surface area contributed by atoms with Gasteiger partial charge in [-0.1, -0.05) is 59.3 Å². The van der Waals surface area contributed by atoms with Gasteiger partial charge in [0.1, 0.15) is 0 Å². The maximum Gasteiger partial charge on any atom is 0.274 e. The highest BCUT2D eigenvalue weighted by Gasteiger charge is 2.22. The number of allylic oxidation sites excluding steroid dienone is 2. The third-order valence-electron chi connectivity index (χ3n) is 5.71. The number of aromatic nitrogens is 2. The van der Waals surface area contributed by atoms with Gasteiger partial charge in [-0.25, -0.2) is 4.68 Å². The van der Waals surface area contributed by atoms with Gasteiger partial charge in [0.15, 0.2) is 5.69 Å². The first kappa shape index (κ1) is 25.8. The van der Waals surface area contributed by atoms with E-state index in [2.05, 4.69) is 46.9 Å². The Morgan fingerprint density at radius 2 is 2.00 bits per heavy atom. The number of amides is 1. The Morgan fingerprint density at radius 3 is 2.59 bits per heavy atom. The predicted octanol–water partition coefficient (Wildman–Crippen LogP) is 6.07. The Bertz CT molecular complexity index is 947. The molecule has 0 radical (unpaired) electrons. The van der Waals surface area contributed by atoms with Crippen LogP contribution in [0.5, 0.6) is 0 Å². The minimum Gasteiger partial charge on any atom is -0.398 e. The van der Waals surface area contributed by atoms with Gasteiger partial charge in [0, 0.05) is 34.9 Å². The molecule has 1 unspecified atom stereocenters. The van der Waals surface area contributed by atoms with Crippen molar-refractivity contribution in [1.29, 1.82) is 0 Å². The van der Waals surface area contributed by atoms with Crippen LogP contribution in [-0.4, -0.2) is 33.7 Å². The monoisotopic (exact) mass is 454 g/mol. The maximum atomic E-state index is 13.4. The summed E-state index contributed by atoms with van der Waals surface area (Å²) in [6.45, 7) is 14.0. The van der Waals surface area contributed by atoms with Crippen molar-refractivity contribution in [3.63, 3.8) is 0 Å². The molecule has 0 bridgehead atoms. The second-order valence-corrected chi connectivity index (χ2v) is 8.82. The number of thiol groups is 1. The van der Waals surface area contributed by atoms with Gasteiger partial charge in [-0.2, -0.15) is 5.10 Å². The molecule has 1 atom stereocenters. The zero-order chi connectivity index (χ0) is 23.7. The van der Waals surface area contributed by atoms with Crippen LogP contribution in [0.2, 0.25) is 0 Å². The molecule has 1 amide bonds. The highest BCUT2D eigenvalue weighted by Crippen LogP contribution is 2.26. The number of hydrogen-bond donors (Lipinski definition) is 2. The van der Waals surface area contributed by atoms with E-state index in [1.54, 1.807) is 6.08 Å². The number of nitrogens with two attached hydrogens (primary N) is 1. The SMILES string of the molecule is C=C/C=C(/c1ccc(N)c(S)c1)n1nc(C(=O)N(CCC)CCC(C)CC)cc1CCC. The number of carbonyl (C=O) groups excluding carboxylic acids is 1. The summed E-state index contributed by atoms with van der Waals surface area (Å²) in [4.78, 5) is 16.1. The van der Waals surface area contributed by atoms with Crippen LogP contribution in [0.1, 0.15) is 75.1 Å². The molecule has 0 fully saturated rings. The van der Waals surface area contributed by atoms with Crippen LogP contribution in [0.25, 0.3) is 5.70 Å². The molecule has 2 N–H and O–H groups in total. The van der Waals surface area contributed by atoms with E-state index >= 15 is 0 Å². The van der Waals surface area contributed by atoms with Crippen LogP contribution in [0.4, 0.5) is 5.69 Å². The van der Waals surface area contributed by atoms with Crippen molar-refractivity contribution in [3.05, 3.63) is 59.9 Å². The van der Waals surface area contributed by atoms with Crippen molar-refractivity contribution in [2.24, 2.45) is 5.92 Å². The lowest BCUT2D eigenvalue weighted by molar-refractivity contribution is 0.0740. The number of nitrogens with zero attached hydrogens (tertiary/aromatic N) is 3. The highest BCUT2D eigenvalue weighted by atomic mass is 32.1. The molecule has 2 rings (SSSR count). The Kier molecular flexibility index (Phi) is 10.1. The zero-order valence-corrected chi connectivity index (χ0v) is 20.9. The number of nitrogen functional groups attached to an aromatic ring is 1. The fourth-order valence-corrected chi connectivity index (χ4v) is 3.81. The van der Waals surface area contributed by atoms with Gasteiger partial charge >= 0.3 is 0 Å². The molecular weight excluding hydrogens is 416 g/mol. The number of carbonyl (C=O) groups is 1. The first-order valence-corrected chi connectivity index (χ1v) is 12.1. The Morgan fingerprint density at radius 1 is 1.25 bits per heavy atom. The van der Waals surface area contributed by atoms with Crippen molar-refractivity contribution < 1.29 is 4.79 Å². The topological polar surface area (TPSA) is 64.2 Å². The standard InChI is InChI=1S/C26H38N4OS/c1-6-10-21-18-23(26(31)29(15-8-3)16-14-19(5)9-4)28-30(21)24(11-7-2)20-12-13-22(27)25(32)17-20/h7,11-13,17-19,32H,2,6,8-10,14-16,27H2,1,3-5H3/b24-11-. The van der Waals surface area contributed by atoms with Crippen LogP contribution in [0.15, 0.2) is 47.9 Å². The molecule has 0 spiro atoms. The van der Waals surface area contributed by atoms with E-state index in [0.29, 0.717) is 22.2 Å². The van der Waals surface area contributed by atoms with E-state index in [9.17, 15) is 4.79 Å². The molecule has 0 aliphatic heterocycles. The lowest BCUT2D eigenvalue weighted by Crippen LogP contribution is -2.33. The summed E-state index contributed by atoms with van der Waals surface area (Å²) in [6.07, 6.45) is 8.46. The van der Waals surface area contributed by atoms with Gasteiger partial charge in [-0.05, 0) is 49.5 Å². The molecule has 6 heteroatoms. The molecule has 0 saturated heterocycles. The molecule has 1 aromatic carbocycles. The van der Waals surface area contributed by atoms with Gasteiger partial charge in [0.25, 0.3) is 5.91 Å². The maximum absolute atomic E-state index is 13.4. The average Bonchev–Trinajstić information content (AvgIpc) is 3.20. The largest absolute Gasteiger partial charge is 0.398 e. The highest BCUT2D eigenvalue weighted by molar-refractivity contribution is 7.80. The molecule has 0 aliphatic carbocycles. The number of hydrogen-bond acceptors (Lipinski definition) is 4. The van der Waals surface area contributed by atoms with Crippen molar-refractivity contribution in [2.75, 3.05) is 18.8 Å². The smallest absolute Gasteiger partial charge is 0.274 e. The molecule has 32 heavy (non-hydrogen) atoms. The molecule has 1 aromatic heterocycles. The van der Waals surface area contributed by atoms with Gasteiger partial charge in [0.2, 0.25) is 0 Å². The van der Waals surface area contributed by atoms with Crippen LogP contribution in [-0.2, 0) is 6.42 Å². The molecular formula is C26H38N4OS. The minimum absolute atomic E-state index is 0.00333. The number of rotatable bonds is 12. The summed E-state index contributed by atoms with van der Waals surface area (Å²) in [5.41, 5.74) is 9.83. The summed E-state index contributed by atoms with van der Waals surface area (Å²) < 4.78 is 1.87. The molecule has 174 valence electrons. The third-order valence-corrected chi connectivity index (χ3v) is 6.10.